The molecule has 1 aliphatic rings. The van der Waals surface area contributed by atoms with E-state index in [4.69, 9.17) is 0 Å². The molecule has 0 spiro atoms. The predicted molar refractivity (Wildman–Crippen MR) is 71.7 cm³/mol. The number of carbonyl (C=O) groups excluding carboxylic acids is 1. The molecule has 1 atom stereocenters. The minimum Gasteiger partial charge on any atom is -0.340 e. The average molecular weight is 276 g/mol. The second kappa shape index (κ2) is 6.52. The van der Waals surface area contributed by atoms with Crippen LogP contribution >= 0.6 is 0 Å². The molecule has 6 heteroatoms. The first-order valence-corrected chi connectivity index (χ1v) is 8.29. The zero-order chi connectivity index (χ0) is 13.8. The number of sulfonamides is 1. The number of hydrogen-bond donors (Lipinski definition) is 0. The van der Waals surface area contributed by atoms with Crippen LogP contribution in [0.2, 0.25) is 0 Å². The second-order valence-electron chi connectivity index (χ2n) is 4.81. The highest BCUT2D eigenvalue weighted by Crippen LogP contribution is 2.13. The van der Waals surface area contributed by atoms with Crippen molar-refractivity contribution in [3.63, 3.8) is 0 Å². The highest BCUT2D eigenvalue weighted by atomic mass is 32.2. The van der Waals surface area contributed by atoms with Gasteiger partial charge in [0.25, 0.3) is 0 Å². The number of rotatable bonds is 5. The van der Waals surface area contributed by atoms with Crippen molar-refractivity contribution in [2.75, 3.05) is 31.9 Å². The summed E-state index contributed by atoms with van der Waals surface area (Å²) in [6, 6.07) is 0. The molecule has 1 amide bonds. The van der Waals surface area contributed by atoms with Gasteiger partial charge in [0.1, 0.15) is 0 Å². The number of nitrogens with zero attached hydrogens (tertiary/aromatic N) is 2. The third-order valence-electron chi connectivity index (χ3n) is 3.45. The standard InChI is InChI=1S/C12H24N2O3S/c1-4-6-11(3)12(15)13-7-9-14(10-8-13)18(16,17)5-2/h11H,4-10H2,1-3H3/t11-/m0/s1. The van der Waals surface area contributed by atoms with Gasteiger partial charge in [-0.2, -0.15) is 4.31 Å². The lowest BCUT2D eigenvalue weighted by atomic mass is 10.0. The molecule has 0 aliphatic carbocycles. The predicted octanol–water partition coefficient (Wildman–Crippen LogP) is 0.917. The maximum absolute atomic E-state index is 12.1. The van der Waals surface area contributed by atoms with Gasteiger partial charge < -0.3 is 4.90 Å². The molecule has 0 aromatic rings. The summed E-state index contributed by atoms with van der Waals surface area (Å²) in [5, 5.41) is 0. The van der Waals surface area contributed by atoms with E-state index < -0.39 is 10.0 Å². The molecule has 5 nitrogen and oxygen atoms in total. The molecule has 0 radical (unpaired) electrons. The molecule has 0 saturated carbocycles. The molecule has 1 heterocycles. The summed E-state index contributed by atoms with van der Waals surface area (Å²) in [7, 11) is -3.11. The minimum atomic E-state index is -3.11. The molecule has 106 valence electrons. The molecule has 0 bridgehead atoms. The molecule has 1 aliphatic heterocycles. The number of hydrogen-bond acceptors (Lipinski definition) is 3. The summed E-state index contributed by atoms with van der Waals surface area (Å²) < 4.78 is 24.9. The van der Waals surface area contributed by atoms with Crippen LogP contribution in [0, 0.1) is 5.92 Å². The highest BCUT2D eigenvalue weighted by molar-refractivity contribution is 7.89. The third kappa shape index (κ3) is 3.68. The highest BCUT2D eigenvalue weighted by Gasteiger charge is 2.29. The molecule has 0 N–H and O–H groups in total. The van der Waals surface area contributed by atoms with Gasteiger partial charge in [0.15, 0.2) is 0 Å². The van der Waals surface area contributed by atoms with E-state index >= 15 is 0 Å². The topological polar surface area (TPSA) is 57.7 Å². The van der Waals surface area contributed by atoms with E-state index in [-0.39, 0.29) is 17.6 Å². The Balaban J connectivity index is 2.52. The van der Waals surface area contributed by atoms with Crippen molar-refractivity contribution < 1.29 is 13.2 Å². The molecule has 1 rings (SSSR count). The SMILES string of the molecule is CCC[C@H](C)C(=O)N1CCN(S(=O)(=O)CC)CC1. The Morgan fingerprint density at radius 2 is 1.72 bits per heavy atom. The first kappa shape index (κ1) is 15.4. The van der Waals surface area contributed by atoms with Crippen LogP contribution in [0.4, 0.5) is 0 Å². The van der Waals surface area contributed by atoms with E-state index in [2.05, 4.69) is 6.92 Å². The quantitative estimate of drug-likeness (QED) is 0.750. The van der Waals surface area contributed by atoms with Gasteiger partial charge in [0.2, 0.25) is 15.9 Å². The van der Waals surface area contributed by atoms with Gasteiger partial charge in [-0.3, -0.25) is 4.79 Å². The molecular formula is C12H24N2O3S. The lowest BCUT2D eigenvalue weighted by Crippen LogP contribution is -2.51. The lowest BCUT2D eigenvalue weighted by Gasteiger charge is -2.35. The molecule has 0 aromatic carbocycles. The van der Waals surface area contributed by atoms with Crippen LogP contribution in [-0.4, -0.2) is 55.5 Å². The number of piperazine rings is 1. The van der Waals surface area contributed by atoms with Crippen LogP contribution in [0.5, 0.6) is 0 Å². The zero-order valence-corrected chi connectivity index (χ0v) is 12.4. The Kier molecular flexibility index (Phi) is 5.59. The van der Waals surface area contributed by atoms with Gasteiger partial charge in [-0.15, -0.1) is 0 Å². The van der Waals surface area contributed by atoms with E-state index in [9.17, 15) is 13.2 Å². The van der Waals surface area contributed by atoms with Gasteiger partial charge in [-0.1, -0.05) is 20.3 Å². The van der Waals surface area contributed by atoms with Gasteiger partial charge in [0, 0.05) is 32.1 Å². The molecule has 1 saturated heterocycles. The number of carbonyl (C=O) groups is 1. The van der Waals surface area contributed by atoms with Crippen LogP contribution in [0.15, 0.2) is 0 Å². The van der Waals surface area contributed by atoms with Crippen molar-refractivity contribution in [3.8, 4) is 0 Å². The Bertz CT molecular complexity index is 373. The maximum Gasteiger partial charge on any atom is 0.225 e. The van der Waals surface area contributed by atoms with Gasteiger partial charge in [-0.05, 0) is 13.3 Å². The monoisotopic (exact) mass is 276 g/mol. The largest absolute Gasteiger partial charge is 0.340 e. The summed E-state index contributed by atoms with van der Waals surface area (Å²) in [5.74, 6) is 0.336. The normalized spacial score (nSPS) is 19.8. The van der Waals surface area contributed by atoms with Crippen LogP contribution in [0.1, 0.15) is 33.6 Å². The molecule has 18 heavy (non-hydrogen) atoms. The summed E-state index contributed by atoms with van der Waals surface area (Å²) >= 11 is 0. The van der Waals surface area contributed by atoms with E-state index in [1.165, 1.54) is 4.31 Å². The fourth-order valence-corrected chi connectivity index (χ4v) is 3.32. The summed E-state index contributed by atoms with van der Waals surface area (Å²) in [6.45, 7) is 7.56. The maximum atomic E-state index is 12.1. The first-order chi connectivity index (χ1) is 8.42. The summed E-state index contributed by atoms with van der Waals surface area (Å²) in [4.78, 5) is 13.9. The van der Waals surface area contributed by atoms with Crippen molar-refractivity contribution in [3.05, 3.63) is 0 Å². The van der Waals surface area contributed by atoms with Crippen molar-refractivity contribution in [1.29, 1.82) is 0 Å². The van der Waals surface area contributed by atoms with E-state index in [1.54, 1.807) is 11.8 Å². The fourth-order valence-electron chi connectivity index (χ4n) is 2.24. The van der Waals surface area contributed by atoms with E-state index in [0.717, 1.165) is 12.8 Å². The zero-order valence-electron chi connectivity index (χ0n) is 11.6. The van der Waals surface area contributed by atoms with Crippen molar-refractivity contribution in [2.45, 2.75) is 33.6 Å². The Labute approximate surface area is 110 Å². The van der Waals surface area contributed by atoms with Gasteiger partial charge >= 0.3 is 0 Å². The molecular weight excluding hydrogens is 252 g/mol. The van der Waals surface area contributed by atoms with Crippen molar-refractivity contribution >= 4 is 15.9 Å². The molecule has 1 fully saturated rings. The minimum absolute atomic E-state index is 0.0457. The smallest absolute Gasteiger partial charge is 0.225 e. The fraction of sp³-hybridized carbons (Fsp3) is 0.917. The van der Waals surface area contributed by atoms with Gasteiger partial charge in [-0.25, -0.2) is 8.42 Å². The second-order valence-corrected chi connectivity index (χ2v) is 7.07. The average Bonchev–Trinajstić information content (AvgIpc) is 2.38. The molecule has 0 unspecified atom stereocenters. The van der Waals surface area contributed by atoms with Crippen LogP contribution in [-0.2, 0) is 14.8 Å². The number of amides is 1. The van der Waals surface area contributed by atoms with Crippen molar-refractivity contribution in [2.24, 2.45) is 5.92 Å². The lowest BCUT2D eigenvalue weighted by molar-refractivity contribution is -0.136. The first-order valence-electron chi connectivity index (χ1n) is 6.69. The van der Waals surface area contributed by atoms with Crippen LogP contribution in [0.3, 0.4) is 0 Å². The third-order valence-corrected chi connectivity index (χ3v) is 5.33. The van der Waals surface area contributed by atoms with E-state index in [0.29, 0.717) is 26.2 Å². The summed E-state index contributed by atoms with van der Waals surface area (Å²) in [6.07, 6.45) is 1.89. The van der Waals surface area contributed by atoms with E-state index in [1.807, 2.05) is 6.92 Å². The summed E-state index contributed by atoms with van der Waals surface area (Å²) in [5.41, 5.74) is 0. The Morgan fingerprint density at radius 3 is 2.17 bits per heavy atom. The Hall–Kier alpha value is -0.620. The van der Waals surface area contributed by atoms with Gasteiger partial charge in [0.05, 0.1) is 5.75 Å². The Morgan fingerprint density at radius 1 is 1.17 bits per heavy atom. The molecule has 0 aromatic heterocycles. The van der Waals surface area contributed by atoms with Crippen LogP contribution in [0.25, 0.3) is 0 Å². The van der Waals surface area contributed by atoms with Crippen LogP contribution < -0.4 is 0 Å². The van der Waals surface area contributed by atoms with Crippen molar-refractivity contribution in [1.82, 2.24) is 9.21 Å².